The average Bonchev–Trinajstić information content (AvgIpc) is 2.69. The molecule has 1 aliphatic heterocycles. The normalized spacial score (nSPS) is 19.4. The third-order valence-corrected chi connectivity index (χ3v) is 3.20. The van der Waals surface area contributed by atoms with Gasteiger partial charge in [0, 0.05) is 32.3 Å². The zero-order valence-electron chi connectivity index (χ0n) is 9.48. The van der Waals surface area contributed by atoms with Crippen LogP contribution in [0.1, 0.15) is 13.3 Å². The van der Waals surface area contributed by atoms with Crippen LogP contribution in [0.3, 0.4) is 0 Å². The fourth-order valence-corrected chi connectivity index (χ4v) is 2.39. The molecule has 6 nitrogen and oxygen atoms in total. The molecule has 1 atom stereocenters. The lowest BCUT2D eigenvalue weighted by atomic mass is 10.3. The van der Waals surface area contributed by atoms with Gasteiger partial charge in [0.05, 0.1) is 4.47 Å². The van der Waals surface area contributed by atoms with Crippen LogP contribution in [0.4, 0.5) is 11.8 Å². The number of anilines is 2. The molecular weight excluding hydrogens is 286 g/mol. The zero-order chi connectivity index (χ0) is 12.4. The van der Waals surface area contributed by atoms with Gasteiger partial charge in [-0.1, -0.05) is 0 Å². The van der Waals surface area contributed by atoms with Crippen molar-refractivity contribution in [1.29, 1.82) is 0 Å². The second-order valence-corrected chi connectivity index (χ2v) is 4.89. The number of nitrogens with two attached hydrogens (primary N) is 1. The number of carbonyl (C=O) groups is 1. The van der Waals surface area contributed by atoms with Gasteiger partial charge in [-0.05, 0) is 22.4 Å². The van der Waals surface area contributed by atoms with Crippen molar-refractivity contribution < 1.29 is 4.79 Å². The van der Waals surface area contributed by atoms with E-state index in [1.165, 1.54) is 6.92 Å². The topological polar surface area (TPSA) is 84.1 Å². The van der Waals surface area contributed by atoms with Gasteiger partial charge in [0.15, 0.2) is 0 Å². The summed E-state index contributed by atoms with van der Waals surface area (Å²) < 4.78 is 0.815. The zero-order valence-corrected chi connectivity index (χ0v) is 11.1. The summed E-state index contributed by atoms with van der Waals surface area (Å²) in [7, 11) is 0. The Hall–Kier alpha value is -1.37. The largest absolute Gasteiger partial charge is 0.368 e. The highest BCUT2D eigenvalue weighted by molar-refractivity contribution is 9.10. The molecule has 0 bridgehead atoms. The van der Waals surface area contributed by atoms with Crippen LogP contribution in [-0.4, -0.2) is 35.0 Å². The maximum atomic E-state index is 11.0. The molecule has 1 aromatic rings. The second kappa shape index (κ2) is 4.87. The molecule has 1 aliphatic rings. The van der Waals surface area contributed by atoms with Crippen LogP contribution in [0, 0.1) is 0 Å². The number of halogens is 1. The van der Waals surface area contributed by atoms with E-state index in [4.69, 9.17) is 5.73 Å². The number of nitrogens with zero attached hydrogens (tertiary/aromatic N) is 3. The van der Waals surface area contributed by atoms with Crippen LogP contribution in [0.25, 0.3) is 0 Å². The van der Waals surface area contributed by atoms with Crippen LogP contribution >= 0.6 is 15.9 Å². The summed E-state index contributed by atoms with van der Waals surface area (Å²) in [6, 6.07) is 0.176. The maximum Gasteiger partial charge on any atom is 0.222 e. The number of nitrogen functional groups attached to an aromatic ring is 1. The van der Waals surface area contributed by atoms with Crippen LogP contribution in [0.5, 0.6) is 0 Å². The van der Waals surface area contributed by atoms with Crippen LogP contribution in [-0.2, 0) is 4.79 Å². The van der Waals surface area contributed by atoms with Gasteiger partial charge in [-0.3, -0.25) is 4.79 Å². The number of hydrogen-bond acceptors (Lipinski definition) is 5. The third-order valence-electron chi connectivity index (χ3n) is 2.64. The number of rotatable bonds is 2. The highest BCUT2D eigenvalue weighted by Crippen LogP contribution is 2.26. The molecule has 2 heterocycles. The molecule has 1 aromatic heterocycles. The van der Waals surface area contributed by atoms with E-state index < -0.39 is 0 Å². The van der Waals surface area contributed by atoms with Crippen molar-refractivity contribution in [3.05, 3.63) is 10.7 Å². The summed E-state index contributed by atoms with van der Waals surface area (Å²) in [6.45, 7) is 3.12. The first kappa shape index (κ1) is 12.1. The molecule has 1 saturated heterocycles. The lowest BCUT2D eigenvalue weighted by Gasteiger charge is -2.18. The fraction of sp³-hybridized carbons (Fsp3) is 0.500. The molecule has 1 unspecified atom stereocenters. The van der Waals surface area contributed by atoms with Crippen molar-refractivity contribution in [2.75, 3.05) is 23.7 Å². The Bertz CT molecular complexity index is 439. The van der Waals surface area contributed by atoms with Crippen LogP contribution in [0.15, 0.2) is 10.7 Å². The summed E-state index contributed by atoms with van der Waals surface area (Å²) >= 11 is 3.40. The minimum absolute atomic E-state index is 0.00174. The molecule has 7 heteroatoms. The summed E-state index contributed by atoms with van der Waals surface area (Å²) in [5, 5.41) is 2.90. The summed E-state index contributed by atoms with van der Waals surface area (Å²) in [4.78, 5) is 21.2. The Labute approximate surface area is 108 Å². The van der Waals surface area contributed by atoms with Crippen molar-refractivity contribution in [2.24, 2.45) is 0 Å². The lowest BCUT2D eigenvalue weighted by Crippen LogP contribution is -2.35. The molecular formula is C10H14BrN5O. The third kappa shape index (κ3) is 2.85. The number of nitrogens with one attached hydrogen (secondary N) is 1. The number of aromatic nitrogens is 2. The number of hydrogen-bond donors (Lipinski definition) is 2. The molecule has 2 rings (SSSR count). The predicted octanol–water partition coefficient (Wildman–Crippen LogP) is 0.536. The quantitative estimate of drug-likeness (QED) is 0.832. The predicted molar refractivity (Wildman–Crippen MR) is 68.6 cm³/mol. The molecule has 0 aliphatic carbocycles. The highest BCUT2D eigenvalue weighted by atomic mass is 79.9. The van der Waals surface area contributed by atoms with E-state index in [1.807, 2.05) is 0 Å². The lowest BCUT2D eigenvalue weighted by molar-refractivity contribution is -0.119. The molecule has 1 fully saturated rings. The molecule has 92 valence electrons. The fourth-order valence-electron chi connectivity index (χ4n) is 1.95. The van der Waals surface area contributed by atoms with Crippen LogP contribution in [0.2, 0.25) is 0 Å². The van der Waals surface area contributed by atoms with Gasteiger partial charge in [-0.2, -0.15) is 4.98 Å². The van der Waals surface area contributed by atoms with Gasteiger partial charge in [0.25, 0.3) is 0 Å². The SMILES string of the molecule is CC(=O)NC1CCN(c2nc(N)ncc2Br)C1. The van der Waals surface area contributed by atoms with Crippen molar-refractivity contribution in [3.8, 4) is 0 Å². The second-order valence-electron chi connectivity index (χ2n) is 4.03. The molecule has 3 N–H and O–H groups in total. The first-order chi connectivity index (χ1) is 8.06. The smallest absolute Gasteiger partial charge is 0.222 e. The van der Waals surface area contributed by atoms with E-state index in [1.54, 1.807) is 6.20 Å². The highest BCUT2D eigenvalue weighted by Gasteiger charge is 2.25. The van der Waals surface area contributed by atoms with E-state index in [0.717, 1.165) is 29.8 Å². The van der Waals surface area contributed by atoms with E-state index in [0.29, 0.717) is 0 Å². The Kier molecular flexibility index (Phi) is 3.46. The molecule has 0 aromatic carbocycles. The number of amides is 1. The first-order valence-corrected chi connectivity index (χ1v) is 6.15. The van der Waals surface area contributed by atoms with Crippen molar-refractivity contribution in [3.63, 3.8) is 0 Å². The Morgan fingerprint density at radius 1 is 1.71 bits per heavy atom. The summed E-state index contributed by atoms with van der Waals surface area (Å²) in [6.07, 6.45) is 2.55. The average molecular weight is 300 g/mol. The number of carbonyl (C=O) groups excluding carboxylic acids is 1. The van der Waals surface area contributed by atoms with Gasteiger partial charge in [-0.15, -0.1) is 0 Å². The van der Waals surface area contributed by atoms with E-state index in [-0.39, 0.29) is 17.9 Å². The standard InChI is InChI=1S/C10H14BrN5O/c1-6(17)14-7-2-3-16(5-7)9-8(11)4-13-10(12)15-9/h4,7H,2-3,5H2,1H3,(H,14,17)(H2,12,13,15). The Morgan fingerprint density at radius 2 is 2.47 bits per heavy atom. The van der Waals surface area contributed by atoms with E-state index in [9.17, 15) is 4.79 Å². The molecule has 0 radical (unpaired) electrons. The van der Waals surface area contributed by atoms with Gasteiger partial charge >= 0.3 is 0 Å². The monoisotopic (exact) mass is 299 g/mol. The van der Waals surface area contributed by atoms with Gasteiger partial charge < -0.3 is 16.0 Å². The molecule has 0 saturated carbocycles. The molecule has 0 spiro atoms. The molecule has 1 amide bonds. The maximum absolute atomic E-state index is 11.0. The first-order valence-electron chi connectivity index (χ1n) is 5.36. The van der Waals surface area contributed by atoms with E-state index in [2.05, 4.69) is 36.1 Å². The van der Waals surface area contributed by atoms with Crippen molar-refractivity contribution >= 4 is 33.6 Å². The van der Waals surface area contributed by atoms with Gasteiger partial charge in [0.2, 0.25) is 11.9 Å². The van der Waals surface area contributed by atoms with Gasteiger partial charge in [-0.25, -0.2) is 4.98 Å². The van der Waals surface area contributed by atoms with Crippen molar-refractivity contribution in [2.45, 2.75) is 19.4 Å². The van der Waals surface area contributed by atoms with Gasteiger partial charge in [0.1, 0.15) is 5.82 Å². The minimum Gasteiger partial charge on any atom is -0.368 e. The molecule has 17 heavy (non-hydrogen) atoms. The summed E-state index contributed by atoms with van der Waals surface area (Å²) in [5.41, 5.74) is 5.57. The Balaban J connectivity index is 2.09. The minimum atomic E-state index is -0.00174. The Morgan fingerprint density at radius 3 is 3.18 bits per heavy atom. The van der Waals surface area contributed by atoms with Crippen LogP contribution < -0.4 is 16.0 Å². The van der Waals surface area contributed by atoms with E-state index >= 15 is 0 Å². The summed E-state index contributed by atoms with van der Waals surface area (Å²) in [5.74, 6) is 1.04. The van der Waals surface area contributed by atoms with Crippen molar-refractivity contribution in [1.82, 2.24) is 15.3 Å².